The van der Waals surface area contributed by atoms with Gasteiger partial charge in [-0.05, 0) is 30.4 Å². The van der Waals surface area contributed by atoms with Crippen LogP contribution in [0.5, 0.6) is 5.88 Å². The Morgan fingerprint density at radius 3 is 2.48 bits per heavy atom. The lowest BCUT2D eigenvalue weighted by molar-refractivity contribution is 0.0928. The van der Waals surface area contributed by atoms with E-state index < -0.39 is 17.8 Å². The van der Waals surface area contributed by atoms with Crippen LogP contribution in [0.25, 0.3) is 11.5 Å². The molecule has 3 aromatic rings. The van der Waals surface area contributed by atoms with E-state index in [2.05, 4.69) is 15.1 Å². The second-order valence-electron chi connectivity index (χ2n) is 6.31. The summed E-state index contributed by atoms with van der Waals surface area (Å²) in [6.45, 7) is 4.00. The molecule has 2 aromatic heterocycles. The molecule has 1 N–H and O–H groups in total. The van der Waals surface area contributed by atoms with E-state index >= 15 is 0 Å². The van der Waals surface area contributed by atoms with Crippen LogP contribution in [0.4, 0.5) is 13.2 Å². The van der Waals surface area contributed by atoms with E-state index in [1.165, 1.54) is 30.6 Å². The van der Waals surface area contributed by atoms with E-state index in [9.17, 15) is 18.0 Å². The number of aromatic nitrogens is 3. The van der Waals surface area contributed by atoms with Gasteiger partial charge in [0, 0.05) is 0 Å². The minimum absolute atomic E-state index is 0.0533. The van der Waals surface area contributed by atoms with Gasteiger partial charge in [0.15, 0.2) is 5.76 Å². The lowest BCUT2D eigenvalue weighted by Crippen LogP contribution is -2.32. The lowest BCUT2D eigenvalue weighted by atomic mass is 9.77. The number of halogens is 3. The average Bonchev–Trinajstić information content (AvgIpc) is 3.12. The number of rotatable bonds is 5. The summed E-state index contributed by atoms with van der Waals surface area (Å²) >= 11 is 0. The predicted molar refractivity (Wildman–Crippen MR) is 99.5 cm³/mol. The Kier molecular flexibility index (Phi) is 6.36. The highest BCUT2D eigenvalue weighted by molar-refractivity contribution is 5.49. The van der Waals surface area contributed by atoms with Crippen LogP contribution in [-0.2, 0) is 0 Å². The lowest BCUT2D eigenvalue weighted by Gasteiger charge is -2.35. The highest BCUT2D eigenvalue weighted by Crippen LogP contribution is 2.40. The third kappa shape index (κ3) is 4.67. The van der Waals surface area contributed by atoms with Gasteiger partial charge in [0.1, 0.15) is 17.6 Å². The standard InChI is InChI=1S/C18H14F3N3O3.C2H6/c19-13-5-9(1-2-12(13)18(20)21)10-3-11(4-10)26-17-8-22-14(7-23-17)15-6-16(25)24-27-15;1-2/h1-2,5-8,10-11,18H,3-4H2,(H,24,25);1-2H3. The first kappa shape index (κ1) is 20.6. The van der Waals surface area contributed by atoms with Crippen LogP contribution in [-0.4, -0.2) is 21.2 Å². The summed E-state index contributed by atoms with van der Waals surface area (Å²) in [7, 11) is 0. The number of benzene rings is 1. The smallest absolute Gasteiger partial charge is 0.280 e. The molecule has 0 spiro atoms. The van der Waals surface area contributed by atoms with Gasteiger partial charge in [-0.2, -0.15) is 5.16 Å². The van der Waals surface area contributed by atoms with Crippen molar-refractivity contribution in [1.82, 2.24) is 15.1 Å². The summed E-state index contributed by atoms with van der Waals surface area (Å²) in [4.78, 5) is 19.3. The van der Waals surface area contributed by atoms with E-state index in [0.717, 1.165) is 6.07 Å². The fourth-order valence-electron chi connectivity index (χ4n) is 2.99. The van der Waals surface area contributed by atoms with E-state index in [-0.39, 0.29) is 23.3 Å². The van der Waals surface area contributed by atoms with Crippen molar-refractivity contribution in [1.29, 1.82) is 0 Å². The molecule has 0 radical (unpaired) electrons. The summed E-state index contributed by atoms with van der Waals surface area (Å²) in [5.74, 6) is -0.237. The van der Waals surface area contributed by atoms with Crippen LogP contribution in [0.1, 0.15) is 50.2 Å². The van der Waals surface area contributed by atoms with Crippen molar-refractivity contribution in [3.63, 3.8) is 0 Å². The number of hydrogen-bond donors (Lipinski definition) is 1. The maximum absolute atomic E-state index is 13.7. The number of aromatic amines is 1. The minimum Gasteiger partial charge on any atom is -0.473 e. The van der Waals surface area contributed by atoms with Crippen molar-refractivity contribution in [2.45, 2.75) is 45.1 Å². The zero-order valence-corrected chi connectivity index (χ0v) is 15.9. The summed E-state index contributed by atoms with van der Waals surface area (Å²) in [5.41, 5.74) is 0.118. The molecule has 1 aliphatic carbocycles. The van der Waals surface area contributed by atoms with Gasteiger partial charge in [-0.3, -0.25) is 4.79 Å². The first-order valence-electron chi connectivity index (χ1n) is 9.24. The fourth-order valence-corrected chi connectivity index (χ4v) is 2.99. The third-order valence-corrected chi connectivity index (χ3v) is 4.52. The van der Waals surface area contributed by atoms with E-state index in [1.807, 2.05) is 13.8 Å². The number of ether oxygens (including phenoxy) is 1. The molecular weight excluding hydrogens is 387 g/mol. The van der Waals surface area contributed by atoms with Crippen molar-refractivity contribution in [2.75, 3.05) is 0 Å². The molecule has 6 nitrogen and oxygen atoms in total. The van der Waals surface area contributed by atoms with Gasteiger partial charge in [-0.25, -0.2) is 23.1 Å². The minimum atomic E-state index is -2.82. The van der Waals surface area contributed by atoms with Crippen molar-refractivity contribution in [2.24, 2.45) is 0 Å². The molecule has 0 amide bonds. The van der Waals surface area contributed by atoms with Crippen molar-refractivity contribution in [3.05, 3.63) is 64.0 Å². The van der Waals surface area contributed by atoms with Gasteiger partial charge < -0.3 is 9.26 Å². The second kappa shape index (κ2) is 8.93. The monoisotopic (exact) mass is 407 g/mol. The summed E-state index contributed by atoms with van der Waals surface area (Å²) in [6.07, 6.45) is 1.17. The third-order valence-electron chi connectivity index (χ3n) is 4.52. The van der Waals surface area contributed by atoms with Crippen LogP contribution in [0.15, 0.2) is 46.0 Å². The number of nitrogens with one attached hydrogen (secondary N) is 1. The van der Waals surface area contributed by atoms with Gasteiger partial charge in [0.25, 0.3) is 12.0 Å². The molecule has 0 atom stereocenters. The molecule has 4 rings (SSSR count). The molecule has 154 valence electrons. The zero-order chi connectivity index (χ0) is 21.0. The molecule has 0 aliphatic heterocycles. The molecule has 29 heavy (non-hydrogen) atoms. The molecule has 1 aromatic carbocycles. The maximum Gasteiger partial charge on any atom is 0.280 e. The Labute approximate surface area is 164 Å². The van der Waals surface area contributed by atoms with Gasteiger partial charge >= 0.3 is 0 Å². The van der Waals surface area contributed by atoms with Gasteiger partial charge in [0.05, 0.1) is 24.0 Å². The van der Waals surface area contributed by atoms with Gasteiger partial charge in [-0.1, -0.05) is 26.0 Å². The van der Waals surface area contributed by atoms with Crippen LogP contribution >= 0.6 is 0 Å². The molecular formula is C20H20F3N3O3. The quantitative estimate of drug-likeness (QED) is 0.654. The van der Waals surface area contributed by atoms with Crippen molar-refractivity contribution >= 4 is 0 Å². The Hall–Kier alpha value is -3.10. The number of hydrogen-bond acceptors (Lipinski definition) is 5. The van der Waals surface area contributed by atoms with Crippen molar-refractivity contribution < 1.29 is 22.4 Å². The number of alkyl halides is 2. The highest BCUT2D eigenvalue weighted by atomic mass is 19.3. The normalized spacial score (nSPS) is 18.0. The maximum atomic E-state index is 13.7. The first-order valence-corrected chi connectivity index (χ1v) is 9.24. The Morgan fingerprint density at radius 2 is 1.93 bits per heavy atom. The molecule has 0 bridgehead atoms. The predicted octanol–water partition coefficient (Wildman–Crippen LogP) is 4.85. The average molecular weight is 407 g/mol. The molecule has 1 aliphatic rings. The molecule has 9 heteroatoms. The molecule has 1 saturated carbocycles. The van der Waals surface area contributed by atoms with E-state index in [4.69, 9.17) is 9.26 Å². The molecule has 1 fully saturated rings. The fraction of sp³-hybridized carbons (Fsp3) is 0.350. The zero-order valence-electron chi connectivity index (χ0n) is 15.9. The summed E-state index contributed by atoms with van der Waals surface area (Å²) in [5, 5.41) is 2.17. The Bertz CT molecular complexity index is 996. The van der Waals surface area contributed by atoms with Crippen LogP contribution in [0, 0.1) is 5.82 Å². The summed E-state index contributed by atoms with van der Waals surface area (Å²) in [6, 6.07) is 5.10. The molecule has 0 unspecified atom stereocenters. The number of H-pyrrole nitrogens is 1. The van der Waals surface area contributed by atoms with E-state index in [0.29, 0.717) is 30.0 Å². The SMILES string of the molecule is CC.O=c1cc(-c2cnc(OC3CC(c4ccc(C(F)F)c(F)c4)C3)cn2)o[nH]1. The Morgan fingerprint density at radius 1 is 1.17 bits per heavy atom. The topological polar surface area (TPSA) is 81.0 Å². The largest absolute Gasteiger partial charge is 0.473 e. The number of nitrogens with zero attached hydrogens (tertiary/aromatic N) is 2. The van der Waals surface area contributed by atoms with Crippen LogP contribution in [0.3, 0.4) is 0 Å². The van der Waals surface area contributed by atoms with Crippen LogP contribution < -0.4 is 10.3 Å². The van der Waals surface area contributed by atoms with Gasteiger partial charge in [-0.15, -0.1) is 0 Å². The first-order chi connectivity index (χ1) is 14.0. The van der Waals surface area contributed by atoms with Crippen LogP contribution in [0.2, 0.25) is 0 Å². The van der Waals surface area contributed by atoms with E-state index in [1.54, 1.807) is 0 Å². The van der Waals surface area contributed by atoms with Crippen molar-refractivity contribution in [3.8, 4) is 17.3 Å². The second-order valence-corrected chi connectivity index (χ2v) is 6.31. The van der Waals surface area contributed by atoms with Gasteiger partial charge in [0.2, 0.25) is 5.88 Å². The molecule has 0 saturated heterocycles. The molecule has 2 heterocycles. The highest BCUT2D eigenvalue weighted by Gasteiger charge is 2.33. The Balaban J connectivity index is 0.00000117. The summed E-state index contributed by atoms with van der Waals surface area (Å²) < 4.78 is 49.5.